The van der Waals surface area contributed by atoms with E-state index in [1.165, 1.54) is 10.9 Å². The lowest BCUT2D eigenvalue weighted by atomic mass is 9.93. The molecule has 2 aromatic rings. The summed E-state index contributed by atoms with van der Waals surface area (Å²) >= 11 is 1.65. The van der Waals surface area contributed by atoms with Gasteiger partial charge in [0.25, 0.3) is 0 Å². The molecule has 0 radical (unpaired) electrons. The Balaban J connectivity index is 0.00000420. The van der Waals surface area contributed by atoms with E-state index >= 15 is 0 Å². The number of aliphatic hydroxyl groups is 2. The van der Waals surface area contributed by atoms with Gasteiger partial charge in [0.2, 0.25) is 0 Å². The van der Waals surface area contributed by atoms with Crippen LogP contribution in [0.2, 0.25) is 0 Å². The molecular formula is C20H27ClF3NO3S. The molecule has 0 unspecified atom stereocenters. The molecule has 1 aromatic carbocycles. The van der Waals surface area contributed by atoms with Crippen LogP contribution in [0.25, 0.3) is 0 Å². The Morgan fingerprint density at radius 2 is 1.76 bits per heavy atom. The van der Waals surface area contributed by atoms with Crippen LogP contribution in [0.15, 0.2) is 29.6 Å². The Morgan fingerprint density at radius 1 is 1.07 bits per heavy atom. The predicted octanol–water partition coefficient (Wildman–Crippen LogP) is 4.12. The third kappa shape index (κ3) is 7.79. The SMILES string of the molecule is Cc1cc(CCCOc2ccc(CCC(N)(CO)CO)cc2C(F)(F)F)cs1.Cl. The molecule has 2 rings (SSSR count). The number of alkyl halides is 3. The summed E-state index contributed by atoms with van der Waals surface area (Å²) in [4.78, 5) is 1.20. The van der Waals surface area contributed by atoms with Crippen LogP contribution in [-0.2, 0) is 19.0 Å². The minimum atomic E-state index is -4.54. The Morgan fingerprint density at radius 3 is 2.31 bits per heavy atom. The summed E-state index contributed by atoms with van der Waals surface area (Å²) in [6.45, 7) is 1.32. The van der Waals surface area contributed by atoms with Gasteiger partial charge in [-0.15, -0.1) is 23.7 Å². The van der Waals surface area contributed by atoms with Crippen LogP contribution in [-0.4, -0.2) is 35.6 Å². The quantitative estimate of drug-likeness (QED) is 0.473. The molecule has 1 heterocycles. The molecule has 9 heteroatoms. The third-order valence-corrected chi connectivity index (χ3v) is 5.45. The fraction of sp³-hybridized carbons (Fsp3) is 0.500. The number of aryl methyl sites for hydroxylation is 3. The number of nitrogens with two attached hydrogens (primary N) is 1. The second-order valence-corrected chi connectivity index (χ2v) is 8.14. The highest BCUT2D eigenvalue weighted by Gasteiger charge is 2.35. The van der Waals surface area contributed by atoms with E-state index in [4.69, 9.17) is 10.5 Å². The van der Waals surface area contributed by atoms with Crippen LogP contribution in [0.5, 0.6) is 5.75 Å². The molecule has 4 nitrogen and oxygen atoms in total. The van der Waals surface area contributed by atoms with Crippen LogP contribution >= 0.6 is 23.7 Å². The lowest BCUT2D eigenvalue weighted by molar-refractivity contribution is -0.139. The summed E-state index contributed by atoms with van der Waals surface area (Å²) in [7, 11) is 0. The van der Waals surface area contributed by atoms with E-state index in [0.29, 0.717) is 12.0 Å². The van der Waals surface area contributed by atoms with Crippen molar-refractivity contribution in [2.75, 3.05) is 19.8 Å². The smallest absolute Gasteiger partial charge is 0.419 e. The zero-order chi connectivity index (χ0) is 20.8. The Bertz CT molecular complexity index is 764. The van der Waals surface area contributed by atoms with Crippen molar-refractivity contribution in [1.82, 2.24) is 0 Å². The number of hydrogen-bond acceptors (Lipinski definition) is 5. The molecule has 0 aliphatic rings. The summed E-state index contributed by atoms with van der Waals surface area (Å²) < 4.78 is 45.7. The minimum Gasteiger partial charge on any atom is -0.493 e. The molecule has 0 aliphatic heterocycles. The van der Waals surface area contributed by atoms with Crippen molar-refractivity contribution in [3.05, 3.63) is 51.2 Å². The van der Waals surface area contributed by atoms with Crippen molar-refractivity contribution in [2.45, 2.75) is 44.3 Å². The van der Waals surface area contributed by atoms with Gasteiger partial charge in [0.1, 0.15) is 5.75 Å². The van der Waals surface area contributed by atoms with Gasteiger partial charge in [-0.2, -0.15) is 13.2 Å². The van der Waals surface area contributed by atoms with E-state index < -0.39 is 30.5 Å². The highest BCUT2D eigenvalue weighted by atomic mass is 35.5. The third-order valence-electron chi connectivity index (χ3n) is 4.54. The standard InChI is InChI=1S/C20H26F3NO3S.ClH/c1-14-9-16(11-28-14)3-2-8-27-18-5-4-15(10-17(18)20(21,22)23)6-7-19(24,12-25)13-26;/h4-5,9-11,25-26H,2-3,6-8,12-13,24H2,1H3;1H. The molecule has 0 amide bonds. The van der Waals surface area contributed by atoms with Crippen molar-refractivity contribution < 1.29 is 28.1 Å². The highest BCUT2D eigenvalue weighted by molar-refractivity contribution is 7.10. The summed E-state index contributed by atoms with van der Waals surface area (Å²) in [6, 6.07) is 5.99. The van der Waals surface area contributed by atoms with Crippen molar-refractivity contribution in [1.29, 1.82) is 0 Å². The van der Waals surface area contributed by atoms with Gasteiger partial charge in [0, 0.05) is 4.88 Å². The number of aliphatic hydroxyl groups excluding tert-OH is 2. The maximum Gasteiger partial charge on any atom is 0.419 e. The number of hydrogen-bond donors (Lipinski definition) is 3. The zero-order valence-electron chi connectivity index (χ0n) is 16.2. The fourth-order valence-electron chi connectivity index (χ4n) is 2.77. The van der Waals surface area contributed by atoms with E-state index in [-0.39, 0.29) is 37.6 Å². The first-order valence-electron chi connectivity index (χ1n) is 9.04. The predicted molar refractivity (Wildman–Crippen MR) is 111 cm³/mol. The maximum absolute atomic E-state index is 13.4. The van der Waals surface area contributed by atoms with E-state index in [1.807, 2.05) is 12.3 Å². The molecule has 4 N–H and O–H groups in total. The monoisotopic (exact) mass is 453 g/mol. The maximum atomic E-state index is 13.4. The summed E-state index contributed by atoms with van der Waals surface area (Å²) in [5, 5.41) is 20.5. The number of thiophene rings is 1. The molecule has 1 aromatic heterocycles. The Hall–Kier alpha value is -1.32. The van der Waals surface area contributed by atoms with Gasteiger partial charge in [0.15, 0.2) is 0 Å². The fourth-order valence-corrected chi connectivity index (χ4v) is 3.51. The summed E-state index contributed by atoms with van der Waals surface area (Å²) in [5.74, 6) is -0.193. The van der Waals surface area contributed by atoms with E-state index in [0.717, 1.165) is 18.1 Å². The van der Waals surface area contributed by atoms with Gasteiger partial charge < -0.3 is 20.7 Å². The number of halogens is 4. The van der Waals surface area contributed by atoms with Crippen molar-refractivity contribution >= 4 is 23.7 Å². The van der Waals surface area contributed by atoms with Gasteiger partial charge in [-0.05, 0) is 67.3 Å². The molecule has 0 aliphatic carbocycles. The minimum absolute atomic E-state index is 0. The first kappa shape index (κ1) is 25.7. The van der Waals surface area contributed by atoms with E-state index in [2.05, 4.69) is 6.07 Å². The van der Waals surface area contributed by atoms with Crippen LogP contribution in [0.3, 0.4) is 0 Å². The molecule has 164 valence electrons. The van der Waals surface area contributed by atoms with Gasteiger partial charge in [-0.1, -0.05) is 6.07 Å². The van der Waals surface area contributed by atoms with E-state index in [9.17, 15) is 23.4 Å². The van der Waals surface area contributed by atoms with Crippen molar-refractivity contribution in [2.24, 2.45) is 5.73 Å². The van der Waals surface area contributed by atoms with Gasteiger partial charge in [-0.25, -0.2) is 0 Å². The Kier molecular flexibility index (Phi) is 9.91. The molecule has 0 saturated heterocycles. The average molecular weight is 454 g/mol. The highest BCUT2D eigenvalue weighted by Crippen LogP contribution is 2.37. The van der Waals surface area contributed by atoms with Gasteiger partial charge in [0.05, 0.1) is 30.9 Å². The lowest BCUT2D eigenvalue weighted by Gasteiger charge is -2.24. The summed E-state index contributed by atoms with van der Waals surface area (Å²) in [5.41, 5.74) is 5.32. The zero-order valence-corrected chi connectivity index (χ0v) is 17.8. The van der Waals surface area contributed by atoms with Crippen LogP contribution < -0.4 is 10.5 Å². The topological polar surface area (TPSA) is 75.7 Å². The number of ether oxygens (including phenoxy) is 1. The summed E-state index contributed by atoms with van der Waals surface area (Å²) in [6.07, 6.45) is -2.79. The van der Waals surface area contributed by atoms with Crippen LogP contribution in [0, 0.1) is 6.92 Å². The second kappa shape index (κ2) is 11.2. The molecular weight excluding hydrogens is 427 g/mol. The lowest BCUT2D eigenvalue weighted by Crippen LogP contribution is -2.47. The number of rotatable bonds is 10. The first-order chi connectivity index (χ1) is 13.2. The van der Waals surface area contributed by atoms with Gasteiger partial charge >= 0.3 is 6.18 Å². The molecule has 0 atom stereocenters. The Labute approximate surface area is 178 Å². The largest absolute Gasteiger partial charge is 0.493 e. The first-order valence-corrected chi connectivity index (χ1v) is 9.92. The molecule has 29 heavy (non-hydrogen) atoms. The van der Waals surface area contributed by atoms with Crippen LogP contribution in [0.4, 0.5) is 13.2 Å². The molecule has 0 fully saturated rings. The number of benzene rings is 1. The van der Waals surface area contributed by atoms with Crippen molar-refractivity contribution in [3.63, 3.8) is 0 Å². The van der Waals surface area contributed by atoms with E-state index in [1.54, 1.807) is 17.4 Å². The van der Waals surface area contributed by atoms with Crippen LogP contribution in [0.1, 0.15) is 34.4 Å². The van der Waals surface area contributed by atoms with Gasteiger partial charge in [-0.3, -0.25) is 0 Å². The van der Waals surface area contributed by atoms with Crippen molar-refractivity contribution in [3.8, 4) is 5.75 Å². The second-order valence-electron chi connectivity index (χ2n) is 7.02. The normalized spacial score (nSPS) is 12.0. The molecule has 0 saturated carbocycles. The average Bonchev–Trinajstić information content (AvgIpc) is 3.08. The molecule has 0 spiro atoms. The molecule has 0 bridgehead atoms.